The molecule has 0 N–H and O–H groups in total. The molecule has 144 valence electrons. The van der Waals surface area contributed by atoms with E-state index in [9.17, 15) is 22.4 Å². The minimum absolute atomic E-state index is 0.0592. The van der Waals surface area contributed by atoms with Crippen LogP contribution in [-0.2, 0) is 0 Å². The lowest BCUT2D eigenvalue weighted by atomic mass is 10.1. The highest BCUT2D eigenvalue weighted by Gasteiger charge is 2.19. The van der Waals surface area contributed by atoms with Crippen molar-refractivity contribution in [3.05, 3.63) is 83.4 Å². The van der Waals surface area contributed by atoms with Crippen LogP contribution < -0.4 is 9.47 Å². The van der Waals surface area contributed by atoms with Crippen LogP contribution in [-0.4, -0.2) is 12.6 Å². The Morgan fingerprint density at radius 2 is 1.54 bits per heavy atom. The van der Waals surface area contributed by atoms with Gasteiger partial charge in [0.05, 0.1) is 5.56 Å². The summed E-state index contributed by atoms with van der Waals surface area (Å²) in [6.07, 6.45) is 3.37. The first-order chi connectivity index (χ1) is 13.4. The molecule has 0 bridgehead atoms. The van der Waals surface area contributed by atoms with Crippen LogP contribution in [0.4, 0.5) is 17.6 Å². The maximum Gasteiger partial charge on any atom is 0.343 e. The molecule has 7 heteroatoms. The molecule has 0 aliphatic carbocycles. The molecule has 0 saturated carbocycles. The van der Waals surface area contributed by atoms with Crippen LogP contribution in [0.3, 0.4) is 0 Å². The molecule has 0 radical (unpaired) electrons. The van der Waals surface area contributed by atoms with Gasteiger partial charge >= 0.3 is 5.97 Å². The summed E-state index contributed by atoms with van der Waals surface area (Å²) in [6.45, 7) is 1.90. The quantitative estimate of drug-likeness (QED) is 0.247. The molecule has 0 amide bonds. The summed E-state index contributed by atoms with van der Waals surface area (Å²) in [5.74, 6) is -6.32. The zero-order chi connectivity index (χ0) is 20.3. The molecule has 0 saturated heterocycles. The van der Waals surface area contributed by atoms with Gasteiger partial charge in [0.2, 0.25) is 5.75 Å². The Labute approximate surface area is 157 Å². The lowest BCUT2D eigenvalue weighted by Crippen LogP contribution is -2.11. The molecular weight excluding hydrogens is 376 g/mol. The molecule has 0 atom stereocenters. The van der Waals surface area contributed by atoms with Crippen molar-refractivity contribution >= 4 is 16.7 Å². The molecule has 3 nitrogen and oxygen atoms in total. The van der Waals surface area contributed by atoms with Gasteiger partial charge in [-0.1, -0.05) is 18.2 Å². The van der Waals surface area contributed by atoms with Gasteiger partial charge in [-0.3, -0.25) is 0 Å². The van der Waals surface area contributed by atoms with Crippen LogP contribution >= 0.6 is 0 Å². The minimum Gasteiger partial charge on any atom is -0.489 e. The van der Waals surface area contributed by atoms with Gasteiger partial charge in [-0.15, -0.1) is 0 Å². The number of carbonyl (C=O) groups is 1. The molecule has 0 aliphatic heterocycles. The molecule has 0 heterocycles. The normalized spacial score (nSPS) is 11.2. The van der Waals surface area contributed by atoms with Crippen molar-refractivity contribution in [3.8, 4) is 11.5 Å². The summed E-state index contributed by atoms with van der Waals surface area (Å²) in [4.78, 5) is 12.2. The Morgan fingerprint density at radius 3 is 2.18 bits per heavy atom. The Balaban J connectivity index is 1.84. The van der Waals surface area contributed by atoms with E-state index < -0.39 is 35.0 Å². The van der Waals surface area contributed by atoms with Gasteiger partial charge in [0.15, 0.2) is 23.3 Å². The third kappa shape index (κ3) is 4.14. The van der Waals surface area contributed by atoms with Gasteiger partial charge in [-0.25, -0.2) is 22.4 Å². The summed E-state index contributed by atoms with van der Waals surface area (Å²) in [5, 5.41) is 0.595. The molecule has 28 heavy (non-hydrogen) atoms. The van der Waals surface area contributed by atoms with Crippen molar-refractivity contribution in [3.63, 3.8) is 0 Å². The number of allylic oxidation sites excluding steroid dienone is 1. The van der Waals surface area contributed by atoms with E-state index in [1.54, 1.807) is 19.1 Å². The number of benzene rings is 3. The number of hydrogen-bond acceptors (Lipinski definition) is 3. The van der Waals surface area contributed by atoms with Crippen molar-refractivity contribution in [2.45, 2.75) is 6.92 Å². The maximum atomic E-state index is 14.1. The summed E-state index contributed by atoms with van der Waals surface area (Å²) < 4.78 is 64.9. The standard InChI is InChI=1S/C21H14F4O3/c1-2-3-6-27-15-10-18(24)20(19(25)11-15)28-21(26)13-5-4-12-8-16(22)17(23)9-14(12)7-13/h2-5,7-11H,6H2,1H3. The minimum atomic E-state index is -1.11. The van der Waals surface area contributed by atoms with Crippen molar-refractivity contribution in [2.75, 3.05) is 6.61 Å². The van der Waals surface area contributed by atoms with E-state index >= 15 is 0 Å². The van der Waals surface area contributed by atoms with Gasteiger partial charge in [0, 0.05) is 12.1 Å². The Kier molecular flexibility index (Phi) is 5.63. The molecule has 0 aromatic heterocycles. The largest absolute Gasteiger partial charge is 0.489 e. The molecule has 0 unspecified atom stereocenters. The monoisotopic (exact) mass is 390 g/mol. The summed E-state index contributed by atoms with van der Waals surface area (Å²) in [6, 6.07) is 7.59. The number of fused-ring (bicyclic) bond motifs is 1. The molecule has 0 aliphatic rings. The van der Waals surface area contributed by atoms with Crippen molar-refractivity contribution in [1.82, 2.24) is 0 Å². The average molecular weight is 390 g/mol. The fraction of sp³-hybridized carbons (Fsp3) is 0.0952. The van der Waals surface area contributed by atoms with E-state index in [-0.39, 0.29) is 23.3 Å². The lowest BCUT2D eigenvalue weighted by molar-refractivity contribution is 0.0720. The molecule has 3 rings (SSSR count). The van der Waals surface area contributed by atoms with E-state index in [1.165, 1.54) is 18.2 Å². The first-order valence-corrected chi connectivity index (χ1v) is 8.23. The second kappa shape index (κ2) is 8.12. The number of carbonyl (C=O) groups excluding carboxylic acids is 1. The Hall–Kier alpha value is -3.35. The third-order valence-corrected chi connectivity index (χ3v) is 3.86. The number of esters is 1. The Morgan fingerprint density at radius 1 is 0.893 bits per heavy atom. The average Bonchev–Trinajstić information content (AvgIpc) is 2.65. The molecule has 3 aromatic carbocycles. The van der Waals surface area contributed by atoms with Crippen molar-refractivity contribution in [1.29, 1.82) is 0 Å². The zero-order valence-electron chi connectivity index (χ0n) is 14.6. The van der Waals surface area contributed by atoms with Crippen LogP contribution in [0, 0.1) is 23.3 Å². The van der Waals surface area contributed by atoms with Crippen LogP contribution in [0.2, 0.25) is 0 Å². The summed E-state index contributed by atoms with van der Waals surface area (Å²) >= 11 is 0. The number of rotatable bonds is 5. The predicted molar refractivity (Wildman–Crippen MR) is 95.5 cm³/mol. The van der Waals surface area contributed by atoms with Crippen LogP contribution in [0.25, 0.3) is 10.8 Å². The van der Waals surface area contributed by atoms with Crippen LogP contribution in [0.15, 0.2) is 54.6 Å². The number of halogens is 4. The number of ether oxygens (including phenoxy) is 2. The number of hydrogen-bond donors (Lipinski definition) is 0. The van der Waals surface area contributed by atoms with Gasteiger partial charge in [0.25, 0.3) is 0 Å². The van der Waals surface area contributed by atoms with E-state index in [2.05, 4.69) is 0 Å². The van der Waals surface area contributed by atoms with E-state index in [0.717, 1.165) is 24.3 Å². The fourth-order valence-electron chi connectivity index (χ4n) is 2.48. The van der Waals surface area contributed by atoms with Gasteiger partial charge in [-0.05, 0) is 42.0 Å². The zero-order valence-corrected chi connectivity index (χ0v) is 14.6. The van der Waals surface area contributed by atoms with Gasteiger partial charge in [0.1, 0.15) is 12.4 Å². The van der Waals surface area contributed by atoms with Crippen LogP contribution in [0.1, 0.15) is 17.3 Å². The summed E-state index contributed by atoms with van der Waals surface area (Å²) in [7, 11) is 0. The lowest BCUT2D eigenvalue weighted by Gasteiger charge is -2.10. The van der Waals surface area contributed by atoms with Gasteiger partial charge in [-0.2, -0.15) is 0 Å². The van der Waals surface area contributed by atoms with Crippen LogP contribution in [0.5, 0.6) is 11.5 Å². The first-order valence-electron chi connectivity index (χ1n) is 8.23. The second-order valence-electron chi connectivity index (χ2n) is 5.81. The summed E-state index contributed by atoms with van der Waals surface area (Å²) in [5.41, 5.74) is -0.0780. The molecular formula is C21H14F4O3. The Bertz CT molecular complexity index is 1050. The molecule has 0 spiro atoms. The van der Waals surface area contributed by atoms with E-state index in [4.69, 9.17) is 9.47 Å². The van der Waals surface area contributed by atoms with Crippen molar-refractivity contribution in [2.24, 2.45) is 0 Å². The SMILES string of the molecule is CC=CCOc1cc(F)c(OC(=O)c2ccc3cc(F)c(F)cc3c2)c(F)c1. The van der Waals surface area contributed by atoms with Gasteiger partial charge < -0.3 is 9.47 Å². The third-order valence-electron chi connectivity index (χ3n) is 3.86. The van der Waals surface area contributed by atoms with Crippen molar-refractivity contribution < 1.29 is 31.8 Å². The molecule has 0 fully saturated rings. The highest BCUT2D eigenvalue weighted by Crippen LogP contribution is 2.28. The highest BCUT2D eigenvalue weighted by molar-refractivity contribution is 5.96. The first kappa shape index (κ1) is 19.4. The fourth-order valence-corrected chi connectivity index (χ4v) is 2.48. The second-order valence-corrected chi connectivity index (χ2v) is 5.81. The highest BCUT2D eigenvalue weighted by atomic mass is 19.2. The topological polar surface area (TPSA) is 35.5 Å². The van der Waals surface area contributed by atoms with E-state index in [1.807, 2.05) is 0 Å². The van der Waals surface area contributed by atoms with E-state index in [0.29, 0.717) is 5.39 Å². The predicted octanol–water partition coefficient (Wildman–Crippen LogP) is 5.57. The molecule has 3 aromatic rings. The maximum absolute atomic E-state index is 14.1. The smallest absolute Gasteiger partial charge is 0.343 e.